The first-order valence-corrected chi connectivity index (χ1v) is 15.0. The third-order valence-electron chi connectivity index (χ3n) is 8.30. The number of carboxylic acids is 1. The van der Waals surface area contributed by atoms with Crippen LogP contribution in [0.2, 0.25) is 10.0 Å². The molecule has 10 heteroatoms. The number of halogens is 2. The van der Waals surface area contributed by atoms with Crippen LogP contribution in [0.1, 0.15) is 73.7 Å². The molecule has 2 fully saturated rings. The number of nitrogens with zero attached hydrogens (tertiary/aromatic N) is 1. The largest absolute Gasteiger partial charge is 0.481 e. The first kappa shape index (κ1) is 30.8. The summed E-state index contributed by atoms with van der Waals surface area (Å²) < 4.78 is 0. The Bertz CT molecular complexity index is 1220. The summed E-state index contributed by atoms with van der Waals surface area (Å²) in [6, 6.07) is 12.3. The van der Waals surface area contributed by atoms with Crippen molar-refractivity contribution in [1.29, 1.82) is 0 Å². The van der Waals surface area contributed by atoms with Gasteiger partial charge in [-0.1, -0.05) is 66.4 Å². The molecule has 220 valence electrons. The van der Waals surface area contributed by atoms with Gasteiger partial charge in [0.15, 0.2) is 0 Å². The third-order valence-corrected chi connectivity index (χ3v) is 8.74. The SMILES string of the molecule is O=C(O)C[C@@H](Cc1ccccc1)NC(=O)CC[C@@H](NC(=O)c1cc(Cl)cc(Cl)c1)C(=O)N1CCC2(CCCC2)CC1. The van der Waals surface area contributed by atoms with Crippen molar-refractivity contribution in [1.82, 2.24) is 15.5 Å². The molecule has 1 spiro atoms. The van der Waals surface area contributed by atoms with Gasteiger partial charge in [-0.3, -0.25) is 19.2 Å². The lowest BCUT2D eigenvalue weighted by molar-refractivity contribution is -0.137. The Labute approximate surface area is 250 Å². The second-order valence-corrected chi connectivity index (χ2v) is 12.2. The summed E-state index contributed by atoms with van der Waals surface area (Å²) in [7, 11) is 0. The van der Waals surface area contributed by atoms with E-state index in [9.17, 15) is 24.3 Å². The minimum Gasteiger partial charge on any atom is -0.481 e. The molecule has 2 aliphatic rings. The lowest BCUT2D eigenvalue weighted by Gasteiger charge is -2.40. The number of carbonyl (C=O) groups excluding carboxylic acids is 3. The summed E-state index contributed by atoms with van der Waals surface area (Å²) in [5, 5.41) is 15.6. The van der Waals surface area contributed by atoms with Gasteiger partial charge in [0.05, 0.1) is 6.42 Å². The molecule has 1 saturated heterocycles. The van der Waals surface area contributed by atoms with E-state index in [1.54, 1.807) is 4.90 Å². The van der Waals surface area contributed by atoms with E-state index in [1.807, 2.05) is 30.3 Å². The van der Waals surface area contributed by atoms with Gasteiger partial charge in [-0.05, 0) is 67.7 Å². The van der Waals surface area contributed by atoms with Crippen LogP contribution in [0.3, 0.4) is 0 Å². The zero-order chi connectivity index (χ0) is 29.4. The molecule has 1 saturated carbocycles. The molecule has 2 aromatic carbocycles. The highest BCUT2D eigenvalue weighted by molar-refractivity contribution is 6.35. The Morgan fingerprint density at radius 2 is 1.54 bits per heavy atom. The number of carboxylic acid groups (broad SMARTS) is 1. The molecular weight excluding hydrogens is 565 g/mol. The average molecular weight is 603 g/mol. The van der Waals surface area contributed by atoms with Crippen LogP contribution in [0.15, 0.2) is 48.5 Å². The van der Waals surface area contributed by atoms with Crippen molar-refractivity contribution in [3.63, 3.8) is 0 Å². The molecule has 41 heavy (non-hydrogen) atoms. The van der Waals surface area contributed by atoms with E-state index in [0.29, 0.717) is 35.0 Å². The number of amides is 3. The smallest absolute Gasteiger partial charge is 0.305 e. The summed E-state index contributed by atoms with van der Waals surface area (Å²) in [5.74, 6) is -2.13. The molecule has 0 bridgehead atoms. The van der Waals surface area contributed by atoms with Gasteiger partial charge in [0, 0.05) is 41.2 Å². The molecule has 0 unspecified atom stereocenters. The Morgan fingerprint density at radius 1 is 0.902 bits per heavy atom. The van der Waals surface area contributed by atoms with Crippen LogP contribution in [0.5, 0.6) is 0 Å². The maximum absolute atomic E-state index is 13.7. The second kappa shape index (κ2) is 14.2. The topological polar surface area (TPSA) is 116 Å². The molecule has 4 rings (SSSR count). The lowest BCUT2D eigenvalue weighted by atomic mass is 9.77. The van der Waals surface area contributed by atoms with Gasteiger partial charge in [-0.15, -0.1) is 0 Å². The van der Waals surface area contributed by atoms with Crippen LogP contribution in [0, 0.1) is 5.41 Å². The van der Waals surface area contributed by atoms with Gasteiger partial charge in [0.1, 0.15) is 6.04 Å². The third kappa shape index (κ3) is 8.94. The van der Waals surface area contributed by atoms with Crippen LogP contribution >= 0.6 is 23.2 Å². The number of likely N-dealkylation sites (tertiary alicyclic amines) is 1. The molecule has 3 N–H and O–H groups in total. The summed E-state index contributed by atoms with van der Waals surface area (Å²) in [4.78, 5) is 53.0. The van der Waals surface area contributed by atoms with Crippen molar-refractivity contribution in [3.8, 4) is 0 Å². The Hall–Kier alpha value is -3.10. The monoisotopic (exact) mass is 601 g/mol. The van der Waals surface area contributed by atoms with Crippen molar-refractivity contribution in [2.75, 3.05) is 13.1 Å². The van der Waals surface area contributed by atoms with Crippen LogP contribution in [0.4, 0.5) is 0 Å². The van der Waals surface area contributed by atoms with E-state index >= 15 is 0 Å². The molecule has 1 aliphatic heterocycles. The second-order valence-electron chi connectivity index (χ2n) is 11.3. The predicted octanol–water partition coefficient (Wildman–Crippen LogP) is 5.26. The quantitative estimate of drug-likeness (QED) is 0.325. The first-order valence-electron chi connectivity index (χ1n) is 14.2. The standard InChI is InChI=1S/C31H37Cl2N3O5/c32-23-17-22(18-24(33)19-23)29(40)35-26(30(41)36-14-12-31(13-15-36)10-4-5-11-31)8-9-27(37)34-25(20-28(38)39)16-21-6-2-1-3-7-21/h1-3,6-7,17-19,25-26H,4-5,8-16,20H2,(H,34,37)(H,35,40)(H,38,39)/t25-,26-/m1/s1. The van der Waals surface area contributed by atoms with Crippen molar-refractivity contribution in [2.24, 2.45) is 5.41 Å². The minimum absolute atomic E-state index is 0.0598. The van der Waals surface area contributed by atoms with Gasteiger partial charge < -0.3 is 20.6 Å². The van der Waals surface area contributed by atoms with Crippen LogP contribution in [-0.2, 0) is 20.8 Å². The van der Waals surface area contributed by atoms with Crippen molar-refractivity contribution < 1.29 is 24.3 Å². The molecule has 0 radical (unpaired) electrons. The zero-order valence-electron chi connectivity index (χ0n) is 23.0. The van der Waals surface area contributed by atoms with E-state index in [4.69, 9.17) is 23.2 Å². The summed E-state index contributed by atoms with van der Waals surface area (Å²) in [5.41, 5.74) is 1.45. The molecule has 1 aliphatic carbocycles. The van der Waals surface area contributed by atoms with Gasteiger partial charge >= 0.3 is 5.97 Å². The van der Waals surface area contributed by atoms with Crippen molar-refractivity contribution in [2.45, 2.75) is 76.3 Å². The molecular formula is C31H37Cl2N3O5. The summed E-state index contributed by atoms with van der Waals surface area (Å²) >= 11 is 12.2. The fourth-order valence-corrected chi connectivity index (χ4v) is 6.62. The zero-order valence-corrected chi connectivity index (χ0v) is 24.6. The Morgan fingerprint density at radius 3 is 2.15 bits per heavy atom. The lowest BCUT2D eigenvalue weighted by Crippen LogP contribution is -2.52. The van der Waals surface area contributed by atoms with E-state index < -0.39 is 24.0 Å². The van der Waals surface area contributed by atoms with E-state index in [1.165, 1.54) is 43.9 Å². The molecule has 8 nitrogen and oxygen atoms in total. The summed E-state index contributed by atoms with van der Waals surface area (Å²) in [6.45, 7) is 1.25. The molecule has 2 aromatic rings. The highest BCUT2D eigenvalue weighted by atomic mass is 35.5. The van der Waals surface area contributed by atoms with E-state index in [-0.39, 0.29) is 36.6 Å². The molecule has 2 atom stereocenters. The van der Waals surface area contributed by atoms with Crippen molar-refractivity contribution in [3.05, 3.63) is 69.7 Å². The number of carbonyl (C=O) groups is 4. The fraction of sp³-hybridized carbons (Fsp3) is 0.484. The average Bonchev–Trinajstić information content (AvgIpc) is 3.38. The number of hydrogen-bond acceptors (Lipinski definition) is 4. The van der Waals surface area contributed by atoms with Crippen LogP contribution < -0.4 is 10.6 Å². The predicted molar refractivity (Wildman–Crippen MR) is 158 cm³/mol. The summed E-state index contributed by atoms with van der Waals surface area (Å²) in [6.07, 6.45) is 6.90. The van der Waals surface area contributed by atoms with Gasteiger partial charge in [0.25, 0.3) is 5.91 Å². The van der Waals surface area contributed by atoms with Gasteiger partial charge in [-0.25, -0.2) is 0 Å². The Balaban J connectivity index is 1.42. The minimum atomic E-state index is -1.02. The van der Waals surface area contributed by atoms with E-state index in [0.717, 1.165) is 18.4 Å². The number of piperidine rings is 1. The van der Waals surface area contributed by atoms with E-state index in [2.05, 4.69) is 10.6 Å². The van der Waals surface area contributed by atoms with Gasteiger partial charge in [0.2, 0.25) is 11.8 Å². The normalized spacial score (nSPS) is 17.6. The Kier molecular flexibility index (Phi) is 10.7. The highest BCUT2D eigenvalue weighted by Crippen LogP contribution is 2.46. The highest BCUT2D eigenvalue weighted by Gasteiger charge is 2.39. The number of benzene rings is 2. The number of rotatable bonds is 11. The fourth-order valence-electron chi connectivity index (χ4n) is 6.09. The maximum atomic E-state index is 13.7. The van der Waals surface area contributed by atoms with Crippen LogP contribution in [-0.4, -0.2) is 58.9 Å². The number of hydrogen-bond donors (Lipinski definition) is 3. The van der Waals surface area contributed by atoms with Gasteiger partial charge in [-0.2, -0.15) is 0 Å². The molecule has 1 heterocycles. The maximum Gasteiger partial charge on any atom is 0.305 e. The molecule has 3 amide bonds. The molecule has 0 aromatic heterocycles. The first-order chi connectivity index (χ1) is 19.6. The number of aliphatic carboxylic acids is 1. The number of nitrogens with one attached hydrogen (secondary N) is 2. The van der Waals surface area contributed by atoms with Crippen LogP contribution in [0.25, 0.3) is 0 Å². The van der Waals surface area contributed by atoms with Crippen molar-refractivity contribution >= 4 is 46.9 Å².